The second kappa shape index (κ2) is 7.81. The molecule has 2 heteroatoms. The van der Waals surface area contributed by atoms with E-state index in [4.69, 9.17) is 0 Å². The first-order valence-electron chi connectivity index (χ1n) is 5.34. The van der Waals surface area contributed by atoms with Gasteiger partial charge in [0.2, 0.25) is 0 Å². The third-order valence-electron chi connectivity index (χ3n) is 2.22. The molecule has 0 spiro atoms. The Morgan fingerprint density at radius 2 is 2.00 bits per heavy atom. The summed E-state index contributed by atoms with van der Waals surface area (Å²) in [5.74, 6) is 0. The van der Waals surface area contributed by atoms with Crippen molar-refractivity contribution >= 4 is 0 Å². The second-order valence-electron chi connectivity index (χ2n) is 3.55. The van der Waals surface area contributed by atoms with Gasteiger partial charge in [0.25, 0.3) is 0 Å². The van der Waals surface area contributed by atoms with Crippen molar-refractivity contribution in [2.45, 2.75) is 46.1 Å². The molecule has 1 rings (SSSR count). The molecule has 0 bridgehead atoms. The molecule has 0 aliphatic heterocycles. The maximum atomic E-state index is 2.28. The monoisotopic (exact) mass is 213 g/mol. The van der Waals surface area contributed by atoms with E-state index in [0.29, 0.717) is 0 Å². The van der Waals surface area contributed by atoms with Gasteiger partial charge in [0.15, 0.2) is 12.4 Å². The van der Waals surface area contributed by atoms with Crippen molar-refractivity contribution in [3.05, 3.63) is 30.1 Å². The van der Waals surface area contributed by atoms with Crippen LogP contribution in [0.1, 0.15) is 38.7 Å². The van der Waals surface area contributed by atoms with Crippen molar-refractivity contribution in [3.8, 4) is 0 Å². The van der Waals surface area contributed by atoms with Crippen molar-refractivity contribution in [2.24, 2.45) is 0 Å². The van der Waals surface area contributed by atoms with Crippen LogP contribution >= 0.6 is 0 Å². The number of aromatic nitrogens is 1. The predicted octanol–water partition coefficient (Wildman–Crippen LogP) is -0.269. The summed E-state index contributed by atoms with van der Waals surface area (Å²) in [4.78, 5) is 0. The summed E-state index contributed by atoms with van der Waals surface area (Å²) < 4.78 is 2.28. The van der Waals surface area contributed by atoms with Crippen molar-refractivity contribution in [2.75, 3.05) is 0 Å². The van der Waals surface area contributed by atoms with Gasteiger partial charge >= 0.3 is 0 Å². The molecule has 0 unspecified atom stereocenters. The maximum absolute atomic E-state index is 2.28. The summed E-state index contributed by atoms with van der Waals surface area (Å²) in [6.45, 7) is 5.59. The Kier molecular flexibility index (Phi) is 7.50. The summed E-state index contributed by atoms with van der Waals surface area (Å²) in [7, 11) is 0. The van der Waals surface area contributed by atoms with Crippen LogP contribution in [-0.2, 0) is 13.0 Å². The van der Waals surface area contributed by atoms with Crippen LogP contribution in [0.2, 0.25) is 0 Å². The first kappa shape index (κ1) is 13.4. The fourth-order valence-electron chi connectivity index (χ4n) is 1.50. The normalized spacial score (nSPS) is 9.57. The summed E-state index contributed by atoms with van der Waals surface area (Å²) in [5.41, 5.74) is 1.47. The molecule has 14 heavy (non-hydrogen) atoms. The molecule has 1 aromatic rings. The molecule has 0 aromatic carbocycles. The molecule has 0 N–H and O–H groups in total. The number of halogens is 1. The Balaban J connectivity index is 0.00000169. The smallest absolute Gasteiger partial charge is 0.171 e. The van der Waals surface area contributed by atoms with Crippen molar-refractivity contribution < 1.29 is 17.0 Å². The van der Waals surface area contributed by atoms with Gasteiger partial charge in [0, 0.05) is 18.1 Å². The second-order valence-corrected chi connectivity index (χ2v) is 3.55. The van der Waals surface area contributed by atoms with Gasteiger partial charge in [-0.3, -0.25) is 0 Å². The summed E-state index contributed by atoms with van der Waals surface area (Å²) in [6, 6.07) is 4.38. The third kappa shape index (κ3) is 4.61. The van der Waals surface area contributed by atoms with Crippen LogP contribution in [0.5, 0.6) is 0 Å². The fourth-order valence-corrected chi connectivity index (χ4v) is 1.50. The van der Waals surface area contributed by atoms with Crippen molar-refractivity contribution in [1.29, 1.82) is 0 Å². The van der Waals surface area contributed by atoms with E-state index in [-0.39, 0.29) is 12.4 Å². The van der Waals surface area contributed by atoms with Crippen LogP contribution in [0, 0.1) is 0 Å². The fraction of sp³-hybridized carbons (Fsp3) is 0.583. The molecule has 80 valence electrons. The predicted molar refractivity (Wildman–Crippen MR) is 55.5 cm³/mol. The first-order valence-corrected chi connectivity index (χ1v) is 5.34. The van der Waals surface area contributed by atoms with Gasteiger partial charge in [-0.2, -0.15) is 0 Å². The molecule has 0 atom stereocenters. The summed E-state index contributed by atoms with van der Waals surface area (Å²) in [6.07, 6.45) is 9.44. The molecule has 0 fully saturated rings. The number of nitrogens with zero attached hydrogens (tertiary/aromatic N) is 1. The lowest BCUT2D eigenvalue weighted by Crippen LogP contribution is -3.00. The lowest BCUT2D eigenvalue weighted by Gasteiger charge is -1.98. The molecule has 0 amide bonds. The number of hydrogen-bond acceptors (Lipinski definition) is 0. The Labute approximate surface area is 93.6 Å². The van der Waals surface area contributed by atoms with Crippen molar-refractivity contribution in [1.82, 2.24) is 0 Å². The van der Waals surface area contributed by atoms with Gasteiger partial charge in [-0.25, -0.2) is 4.57 Å². The molecule has 0 aliphatic rings. The van der Waals surface area contributed by atoms with E-state index in [1.54, 1.807) is 0 Å². The van der Waals surface area contributed by atoms with E-state index in [1.165, 1.54) is 31.2 Å². The molecule has 0 saturated heterocycles. The quantitative estimate of drug-likeness (QED) is 0.594. The number of pyridine rings is 1. The Morgan fingerprint density at radius 3 is 2.64 bits per heavy atom. The minimum absolute atomic E-state index is 0. The zero-order valence-electron chi connectivity index (χ0n) is 9.17. The molecule has 1 nitrogen and oxygen atoms in total. The maximum Gasteiger partial charge on any atom is 0.171 e. The van der Waals surface area contributed by atoms with Gasteiger partial charge in [-0.15, -0.1) is 0 Å². The average molecular weight is 214 g/mol. The average Bonchev–Trinajstić information content (AvgIpc) is 2.16. The van der Waals surface area contributed by atoms with Gasteiger partial charge in [0.05, 0.1) is 0 Å². The molecule has 1 aromatic heterocycles. The van der Waals surface area contributed by atoms with E-state index >= 15 is 0 Å². The van der Waals surface area contributed by atoms with E-state index in [9.17, 15) is 0 Å². The van der Waals surface area contributed by atoms with Crippen LogP contribution in [0.3, 0.4) is 0 Å². The molecule has 0 saturated carbocycles. The van der Waals surface area contributed by atoms with Gasteiger partial charge in [0.1, 0.15) is 6.54 Å². The van der Waals surface area contributed by atoms with E-state index < -0.39 is 0 Å². The zero-order chi connectivity index (χ0) is 9.52. The molecular weight excluding hydrogens is 194 g/mol. The third-order valence-corrected chi connectivity index (χ3v) is 2.22. The van der Waals surface area contributed by atoms with E-state index in [2.05, 4.69) is 42.9 Å². The van der Waals surface area contributed by atoms with Crippen LogP contribution in [0.25, 0.3) is 0 Å². The minimum atomic E-state index is 0. The van der Waals surface area contributed by atoms with Gasteiger partial charge in [-0.1, -0.05) is 20.3 Å². The SMILES string of the molecule is CCCCc1ccc[n+](CCC)c1.[Cl-]. The van der Waals surface area contributed by atoms with Crippen LogP contribution in [0.4, 0.5) is 0 Å². The molecule has 0 radical (unpaired) electrons. The highest BCUT2D eigenvalue weighted by Gasteiger charge is 2.00. The zero-order valence-corrected chi connectivity index (χ0v) is 9.93. The van der Waals surface area contributed by atoms with Gasteiger partial charge in [-0.05, 0) is 18.9 Å². The Morgan fingerprint density at radius 1 is 1.21 bits per heavy atom. The minimum Gasteiger partial charge on any atom is -1.00 e. The van der Waals surface area contributed by atoms with E-state index in [0.717, 1.165) is 6.54 Å². The number of hydrogen-bond donors (Lipinski definition) is 0. The highest BCUT2D eigenvalue weighted by atomic mass is 35.5. The summed E-state index contributed by atoms with van der Waals surface area (Å²) in [5, 5.41) is 0. The topological polar surface area (TPSA) is 3.88 Å². The van der Waals surface area contributed by atoms with Gasteiger partial charge < -0.3 is 12.4 Å². The summed E-state index contributed by atoms with van der Waals surface area (Å²) >= 11 is 0. The lowest BCUT2D eigenvalue weighted by atomic mass is 10.1. The largest absolute Gasteiger partial charge is 1.00 e. The van der Waals surface area contributed by atoms with Crippen LogP contribution in [-0.4, -0.2) is 0 Å². The molecule has 0 aliphatic carbocycles. The number of aryl methyl sites for hydroxylation is 2. The van der Waals surface area contributed by atoms with Crippen molar-refractivity contribution in [3.63, 3.8) is 0 Å². The molecule has 1 heterocycles. The Hall–Kier alpha value is -0.560. The number of unbranched alkanes of at least 4 members (excludes halogenated alkanes) is 1. The number of rotatable bonds is 5. The standard InChI is InChI=1S/C12H20N.ClH/c1-3-5-7-12-8-6-10-13(11-12)9-4-2;/h6,8,10-11H,3-5,7,9H2,1-2H3;1H/q+1;/p-1. The van der Waals surface area contributed by atoms with Crippen LogP contribution in [0.15, 0.2) is 24.5 Å². The van der Waals surface area contributed by atoms with Crippen LogP contribution < -0.4 is 17.0 Å². The van der Waals surface area contributed by atoms with E-state index in [1.807, 2.05) is 0 Å². The molecular formula is C12H20ClN. The highest BCUT2D eigenvalue weighted by molar-refractivity contribution is 5.05. The Bertz CT molecular complexity index is 248. The highest BCUT2D eigenvalue weighted by Crippen LogP contribution is 2.01. The first-order chi connectivity index (χ1) is 6.36. The lowest BCUT2D eigenvalue weighted by molar-refractivity contribution is -0.697.